The Hall–Kier alpha value is -1.62. The third-order valence-electron chi connectivity index (χ3n) is 3.17. The van der Waals surface area contributed by atoms with Crippen molar-refractivity contribution in [3.8, 4) is 0 Å². The number of nitrogen functional groups attached to an aromatic ring is 1. The van der Waals surface area contributed by atoms with Crippen molar-refractivity contribution < 1.29 is 9.53 Å². The molecule has 1 aliphatic rings. The van der Waals surface area contributed by atoms with Gasteiger partial charge in [0.15, 0.2) is 0 Å². The number of nitrogens with zero attached hydrogens (tertiary/aromatic N) is 1. The summed E-state index contributed by atoms with van der Waals surface area (Å²) < 4.78 is 5.45. The molecule has 2 heterocycles. The van der Waals surface area contributed by atoms with Gasteiger partial charge in [0, 0.05) is 12.6 Å². The van der Waals surface area contributed by atoms with Crippen LogP contribution in [0.5, 0.6) is 0 Å². The summed E-state index contributed by atoms with van der Waals surface area (Å²) in [6.07, 6.45) is 3.46. The minimum absolute atomic E-state index is 0.105. The fraction of sp³-hybridized carbons (Fsp3) is 0.538. The molecule has 0 saturated carbocycles. The Morgan fingerprint density at radius 1 is 1.61 bits per heavy atom. The van der Waals surface area contributed by atoms with Gasteiger partial charge in [-0.1, -0.05) is 0 Å². The topological polar surface area (TPSA) is 77.2 Å². The summed E-state index contributed by atoms with van der Waals surface area (Å²) in [7, 11) is 0. The molecule has 0 bridgehead atoms. The van der Waals surface area contributed by atoms with Crippen LogP contribution in [0.3, 0.4) is 0 Å². The maximum atomic E-state index is 12.1. The number of ether oxygens (including phenoxy) is 1. The molecule has 0 radical (unpaired) electrons. The number of carbonyl (C=O) groups excluding carboxylic acids is 1. The Kier molecular flexibility index (Phi) is 3.81. The molecule has 5 nitrogen and oxygen atoms in total. The number of aromatic nitrogens is 1. The molecule has 2 atom stereocenters. The summed E-state index contributed by atoms with van der Waals surface area (Å²) >= 11 is 0. The van der Waals surface area contributed by atoms with Crippen LogP contribution in [0.4, 0.5) is 5.69 Å². The summed E-state index contributed by atoms with van der Waals surface area (Å²) in [6.45, 7) is 4.52. The minimum Gasteiger partial charge on any atom is -0.397 e. The normalized spacial score (nSPS) is 23.7. The van der Waals surface area contributed by atoms with E-state index in [4.69, 9.17) is 10.5 Å². The number of amides is 1. The maximum absolute atomic E-state index is 12.1. The molecular weight excluding hydrogens is 230 g/mol. The van der Waals surface area contributed by atoms with Crippen molar-refractivity contribution in [2.24, 2.45) is 0 Å². The second-order valence-electron chi connectivity index (χ2n) is 4.78. The number of hydrogen-bond acceptors (Lipinski definition) is 4. The smallest absolute Gasteiger partial charge is 0.253 e. The van der Waals surface area contributed by atoms with Crippen LogP contribution in [0.2, 0.25) is 0 Å². The van der Waals surface area contributed by atoms with Gasteiger partial charge >= 0.3 is 0 Å². The van der Waals surface area contributed by atoms with Gasteiger partial charge in [-0.15, -0.1) is 0 Å². The maximum Gasteiger partial charge on any atom is 0.253 e. The van der Waals surface area contributed by atoms with Crippen LogP contribution in [0.25, 0.3) is 0 Å². The molecule has 1 aromatic heterocycles. The molecule has 1 fully saturated rings. The molecule has 0 aromatic carbocycles. The van der Waals surface area contributed by atoms with Crippen LogP contribution in [0.1, 0.15) is 35.8 Å². The van der Waals surface area contributed by atoms with E-state index in [9.17, 15) is 4.79 Å². The van der Waals surface area contributed by atoms with E-state index in [1.54, 1.807) is 19.2 Å². The lowest BCUT2D eigenvalue weighted by Crippen LogP contribution is -2.41. The van der Waals surface area contributed by atoms with Gasteiger partial charge in [0.2, 0.25) is 0 Å². The first-order chi connectivity index (χ1) is 8.56. The van der Waals surface area contributed by atoms with Gasteiger partial charge in [0.05, 0.1) is 29.2 Å². The number of hydrogen-bond donors (Lipinski definition) is 2. The summed E-state index contributed by atoms with van der Waals surface area (Å²) in [5, 5.41) is 3.02. The average molecular weight is 249 g/mol. The first-order valence-corrected chi connectivity index (χ1v) is 6.21. The lowest BCUT2D eigenvalue weighted by atomic mass is 10.0. The Labute approximate surface area is 107 Å². The van der Waals surface area contributed by atoms with E-state index < -0.39 is 0 Å². The number of nitrogens with two attached hydrogens (primary N) is 1. The highest BCUT2D eigenvalue weighted by molar-refractivity contribution is 5.96. The van der Waals surface area contributed by atoms with E-state index in [-0.39, 0.29) is 18.1 Å². The van der Waals surface area contributed by atoms with Gasteiger partial charge in [0.25, 0.3) is 5.91 Å². The van der Waals surface area contributed by atoms with Crippen molar-refractivity contribution in [3.05, 3.63) is 23.5 Å². The van der Waals surface area contributed by atoms with Gasteiger partial charge in [-0.3, -0.25) is 9.78 Å². The van der Waals surface area contributed by atoms with E-state index in [1.807, 2.05) is 6.92 Å². The molecule has 3 N–H and O–H groups in total. The quantitative estimate of drug-likeness (QED) is 0.827. The lowest BCUT2D eigenvalue weighted by Gasteiger charge is -2.28. The SMILES string of the molecule is Cc1ncc(N)cc1C(=O)NC1CCOC(C)C1. The Bertz CT molecular complexity index is 448. The molecule has 18 heavy (non-hydrogen) atoms. The fourth-order valence-corrected chi connectivity index (χ4v) is 2.17. The summed E-state index contributed by atoms with van der Waals surface area (Å²) in [5.74, 6) is -0.105. The van der Waals surface area contributed by atoms with Gasteiger partial charge in [-0.2, -0.15) is 0 Å². The third kappa shape index (κ3) is 2.98. The van der Waals surface area contributed by atoms with E-state index in [0.717, 1.165) is 12.8 Å². The lowest BCUT2D eigenvalue weighted by molar-refractivity contribution is 0.0136. The van der Waals surface area contributed by atoms with Crippen LogP contribution in [0.15, 0.2) is 12.3 Å². The molecule has 1 aliphatic heterocycles. The molecular formula is C13H19N3O2. The monoisotopic (exact) mass is 249 g/mol. The highest BCUT2D eigenvalue weighted by Gasteiger charge is 2.22. The molecule has 1 aromatic rings. The molecule has 0 spiro atoms. The highest BCUT2D eigenvalue weighted by atomic mass is 16.5. The van der Waals surface area contributed by atoms with Crippen molar-refractivity contribution in [3.63, 3.8) is 0 Å². The van der Waals surface area contributed by atoms with Crippen molar-refractivity contribution >= 4 is 11.6 Å². The zero-order chi connectivity index (χ0) is 13.1. The summed E-state index contributed by atoms with van der Waals surface area (Å²) in [5.41, 5.74) is 7.41. The minimum atomic E-state index is -0.105. The molecule has 2 rings (SSSR count). The zero-order valence-corrected chi connectivity index (χ0v) is 10.8. The number of nitrogens with one attached hydrogen (secondary N) is 1. The largest absolute Gasteiger partial charge is 0.397 e. The van der Waals surface area contributed by atoms with E-state index in [2.05, 4.69) is 10.3 Å². The van der Waals surface area contributed by atoms with Gasteiger partial charge < -0.3 is 15.8 Å². The Morgan fingerprint density at radius 3 is 3.11 bits per heavy atom. The standard InChI is InChI=1S/C13H19N3O2/c1-8-5-11(3-4-18-8)16-13(17)12-6-10(14)7-15-9(12)2/h6-8,11H,3-5,14H2,1-2H3,(H,16,17). The average Bonchev–Trinajstić information content (AvgIpc) is 2.32. The van der Waals surface area contributed by atoms with E-state index in [0.29, 0.717) is 23.6 Å². The van der Waals surface area contributed by atoms with Crippen LogP contribution in [-0.2, 0) is 4.74 Å². The van der Waals surface area contributed by atoms with Crippen molar-refractivity contribution in [2.75, 3.05) is 12.3 Å². The molecule has 98 valence electrons. The number of pyridine rings is 1. The van der Waals surface area contributed by atoms with Crippen molar-refractivity contribution in [1.29, 1.82) is 0 Å². The molecule has 0 aliphatic carbocycles. The van der Waals surface area contributed by atoms with Gasteiger partial charge in [-0.05, 0) is 32.8 Å². The van der Waals surface area contributed by atoms with Crippen LogP contribution in [-0.4, -0.2) is 29.6 Å². The second-order valence-corrected chi connectivity index (χ2v) is 4.78. The summed E-state index contributed by atoms with van der Waals surface area (Å²) in [6, 6.07) is 1.84. The van der Waals surface area contributed by atoms with Crippen LogP contribution in [0, 0.1) is 6.92 Å². The number of anilines is 1. The van der Waals surface area contributed by atoms with Gasteiger partial charge in [-0.25, -0.2) is 0 Å². The van der Waals surface area contributed by atoms with Gasteiger partial charge in [0.1, 0.15) is 0 Å². The predicted octanol–water partition coefficient (Wildman–Crippen LogP) is 1.27. The first-order valence-electron chi connectivity index (χ1n) is 6.21. The Morgan fingerprint density at radius 2 is 2.39 bits per heavy atom. The third-order valence-corrected chi connectivity index (χ3v) is 3.17. The van der Waals surface area contributed by atoms with Crippen LogP contribution < -0.4 is 11.1 Å². The van der Waals surface area contributed by atoms with E-state index >= 15 is 0 Å². The second kappa shape index (κ2) is 5.35. The zero-order valence-electron chi connectivity index (χ0n) is 10.8. The molecule has 5 heteroatoms. The van der Waals surface area contributed by atoms with Crippen molar-refractivity contribution in [1.82, 2.24) is 10.3 Å². The summed E-state index contributed by atoms with van der Waals surface area (Å²) in [4.78, 5) is 16.2. The number of carbonyl (C=O) groups is 1. The van der Waals surface area contributed by atoms with E-state index in [1.165, 1.54) is 0 Å². The highest BCUT2D eigenvalue weighted by Crippen LogP contribution is 2.15. The molecule has 1 amide bonds. The molecule has 1 saturated heterocycles. The number of aryl methyl sites for hydroxylation is 1. The van der Waals surface area contributed by atoms with Crippen LogP contribution >= 0.6 is 0 Å². The fourth-order valence-electron chi connectivity index (χ4n) is 2.17. The predicted molar refractivity (Wildman–Crippen MR) is 69.3 cm³/mol. The molecule has 2 unspecified atom stereocenters. The number of rotatable bonds is 2. The Balaban J connectivity index is 2.05. The first kappa shape index (κ1) is 12.8. The van der Waals surface area contributed by atoms with Crippen molar-refractivity contribution in [2.45, 2.75) is 38.8 Å².